The molecule has 3 nitrogen and oxygen atoms in total. The lowest BCUT2D eigenvalue weighted by Gasteiger charge is -2.38. The number of nitriles is 1. The molecule has 0 aromatic heterocycles. The molecule has 2 rings (SSSR count). The van der Waals surface area contributed by atoms with Gasteiger partial charge in [0, 0.05) is 12.6 Å². The highest BCUT2D eigenvalue weighted by Gasteiger charge is 2.31. The van der Waals surface area contributed by atoms with Crippen LogP contribution in [0.15, 0.2) is 18.2 Å². The monoisotopic (exact) mass is 278 g/mol. The van der Waals surface area contributed by atoms with Gasteiger partial charge in [0.05, 0.1) is 27.9 Å². The maximum Gasteiger partial charge on any atom is 0.0992 e. The SMILES string of the molecule is CCC1(C)CC(Nc2ccc(C#N)cc2Cl)CCO1. The van der Waals surface area contributed by atoms with Crippen molar-refractivity contribution in [3.05, 3.63) is 28.8 Å². The second-order valence-electron chi connectivity index (χ2n) is 5.29. The molecule has 1 aliphatic rings. The van der Waals surface area contributed by atoms with Crippen molar-refractivity contribution < 1.29 is 4.74 Å². The van der Waals surface area contributed by atoms with E-state index in [2.05, 4.69) is 25.2 Å². The summed E-state index contributed by atoms with van der Waals surface area (Å²) in [7, 11) is 0. The van der Waals surface area contributed by atoms with Crippen LogP contribution in [0.1, 0.15) is 38.7 Å². The van der Waals surface area contributed by atoms with Crippen molar-refractivity contribution in [3.63, 3.8) is 0 Å². The summed E-state index contributed by atoms with van der Waals surface area (Å²) in [5, 5.41) is 12.9. The number of halogens is 1. The van der Waals surface area contributed by atoms with E-state index < -0.39 is 0 Å². The summed E-state index contributed by atoms with van der Waals surface area (Å²) in [5.74, 6) is 0. The zero-order valence-corrected chi connectivity index (χ0v) is 12.1. The zero-order chi connectivity index (χ0) is 13.9. The minimum absolute atomic E-state index is 0.0466. The van der Waals surface area contributed by atoms with E-state index in [-0.39, 0.29) is 5.60 Å². The number of hydrogen-bond donors (Lipinski definition) is 1. The van der Waals surface area contributed by atoms with E-state index in [0.717, 1.165) is 31.6 Å². The molecule has 1 aliphatic heterocycles. The summed E-state index contributed by atoms with van der Waals surface area (Å²) in [5.41, 5.74) is 1.43. The van der Waals surface area contributed by atoms with E-state index in [0.29, 0.717) is 16.6 Å². The van der Waals surface area contributed by atoms with Gasteiger partial charge in [0.2, 0.25) is 0 Å². The summed E-state index contributed by atoms with van der Waals surface area (Å²) < 4.78 is 5.83. The van der Waals surface area contributed by atoms with Gasteiger partial charge in [0.1, 0.15) is 0 Å². The summed E-state index contributed by atoms with van der Waals surface area (Å²) >= 11 is 6.19. The number of nitrogens with zero attached hydrogens (tertiary/aromatic N) is 1. The minimum Gasteiger partial charge on any atom is -0.381 e. The summed E-state index contributed by atoms with van der Waals surface area (Å²) in [4.78, 5) is 0. The molecule has 1 fully saturated rings. The van der Waals surface area contributed by atoms with Gasteiger partial charge in [0.15, 0.2) is 0 Å². The highest BCUT2D eigenvalue weighted by Crippen LogP contribution is 2.31. The lowest BCUT2D eigenvalue weighted by molar-refractivity contribution is -0.0708. The first-order valence-corrected chi connectivity index (χ1v) is 7.04. The summed E-state index contributed by atoms with van der Waals surface area (Å²) in [6, 6.07) is 7.81. The van der Waals surface area contributed by atoms with Crippen LogP contribution in [0.2, 0.25) is 5.02 Å². The van der Waals surface area contributed by atoms with Gasteiger partial charge in [-0.3, -0.25) is 0 Å². The zero-order valence-electron chi connectivity index (χ0n) is 11.4. The molecule has 0 amide bonds. The highest BCUT2D eigenvalue weighted by molar-refractivity contribution is 6.33. The van der Waals surface area contributed by atoms with Crippen molar-refractivity contribution in [3.8, 4) is 6.07 Å². The third-order valence-corrected chi connectivity index (χ3v) is 4.11. The van der Waals surface area contributed by atoms with E-state index in [1.54, 1.807) is 12.1 Å². The fourth-order valence-electron chi connectivity index (χ4n) is 2.42. The van der Waals surface area contributed by atoms with E-state index in [1.807, 2.05) is 6.07 Å². The first-order valence-electron chi connectivity index (χ1n) is 6.66. The number of ether oxygens (including phenoxy) is 1. The molecule has 1 N–H and O–H groups in total. The molecule has 0 aliphatic carbocycles. The molecule has 0 bridgehead atoms. The standard InChI is InChI=1S/C15H19ClN2O/c1-3-15(2)9-12(6-7-19-15)18-14-5-4-11(10-17)8-13(14)16/h4-5,8,12,18H,3,6-7,9H2,1-2H3. The van der Waals surface area contributed by atoms with E-state index in [1.165, 1.54) is 0 Å². The predicted molar refractivity (Wildman–Crippen MR) is 77.5 cm³/mol. The van der Waals surface area contributed by atoms with E-state index in [9.17, 15) is 0 Å². The summed E-state index contributed by atoms with van der Waals surface area (Å²) in [6.07, 6.45) is 2.96. The fourth-order valence-corrected chi connectivity index (χ4v) is 2.66. The number of rotatable bonds is 3. The molecule has 0 saturated carbocycles. The maximum absolute atomic E-state index is 8.83. The van der Waals surface area contributed by atoms with Gasteiger partial charge in [0.25, 0.3) is 0 Å². The number of anilines is 1. The third-order valence-electron chi connectivity index (χ3n) is 3.80. The van der Waals surface area contributed by atoms with E-state index in [4.69, 9.17) is 21.6 Å². The van der Waals surface area contributed by atoms with Gasteiger partial charge in [-0.25, -0.2) is 0 Å². The molecule has 0 spiro atoms. The number of benzene rings is 1. The minimum atomic E-state index is -0.0466. The maximum atomic E-state index is 8.83. The van der Waals surface area contributed by atoms with Crippen LogP contribution in [0, 0.1) is 11.3 Å². The molecule has 1 saturated heterocycles. The molecule has 0 radical (unpaired) electrons. The van der Waals surface area contributed by atoms with Crippen LogP contribution in [0.3, 0.4) is 0 Å². The Kier molecular flexibility index (Phi) is 4.34. The third kappa shape index (κ3) is 3.40. The second-order valence-corrected chi connectivity index (χ2v) is 5.70. The Labute approximate surface area is 119 Å². The number of hydrogen-bond acceptors (Lipinski definition) is 3. The van der Waals surface area contributed by atoms with Crippen LogP contribution < -0.4 is 5.32 Å². The van der Waals surface area contributed by atoms with Crippen molar-refractivity contribution in [2.45, 2.75) is 44.8 Å². The largest absolute Gasteiger partial charge is 0.381 e. The first-order chi connectivity index (χ1) is 9.06. The molecule has 2 unspecified atom stereocenters. The average Bonchev–Trinajstić information content (AvgIpc) is 2.41. The quantitative estimate of drug-likeness (QED) is 0.910. The van der Waals surface area contributed by atoms with Crippen LogP contribution in [-0.4, -0.2) is 18.2 Å². The van der Waals surface area contributed by atoms with Crippen LogP contribution in [0.4, 0.5) is 5.69 Å². The molecule has 19 heavy (non-hydrogen) atoms. The van der Waals surface area contributed by atoms with Gasteiger partial charge in [-0.15, -0.1) is 0 Å². The molecule has 2 atom stereocenters. The van der Waals surface area contributed by atoms with Gasteiger partial charge >= 0.3 is 0 Å². The molecule has 1 heterocycles. The number of nitrogens with one attached hydrogen (secondary N) is 1. The van der Waals surface area contributed by atoms with Gasteiger partial charge in [-0.05, 0) is 44.4 Å². The lowest BCUT2D eigenvalue weighted by atomic mass is 9.90. The Morgan fingerprint density at radius 1 is 1.58 bits per heavy atom. The first kappa shape index (κ1) is 14.2. The van der Waals surface area contributed by atoms with Crippen LogP contribution in [0.5, 0.6) is 0 Å². The molecular weight excluding hydrogens is 260 g/mol. The molecule has 102 valence electrons. The van der Waals surface area contributed by atoms with Crippen LogP contribution in [-0.2, 0) is 4.74 Å². The molecule has 1 aromatic carbocycles. The van der Waals surface area contributed by atoms with Crippen LogP contribution in [0.25, 0.3) is 0 Å². The smallest absolute Gasteiger partial charge is 0.0992 e. The van der Waals surface area contributed by atoms with Crippen molar-refractivity contribution in [1.82, 2.24) is 0 Å². The van der Waals surface area contributed by atoms with Crippen molar-refractivity contribution in [2.75, 3.05) is 11.9 Å². The van der Waals surface area contributed by atoms with Gasteiger partial charge < -0.3 is 10.1 Å². The van der Waals surface area contributed by atoms with Crippen molar-refractivity contribution in [1.29, 1.82) is 5.26 Å². The Morgan fingerprint density at radius 2 is 2.37 bits per heavy atom. The van der Waals surface area contributed by atoms with Gasteiger partial charge in [-0.2, -0.15) is 5.26 Å². The normalized spacial score (nSPS) is 26.7. The Bertz CT molecular complexity index is 497. The highest BCUT2D eigenvalue weighted by atomic mass is 35.5. The molecular formula is C15H19ClN2O. The topological polar surface area (TPSA) is 45.0 Å². The van der Waals surface area contributed by atoms with E-state index >= 15 is 0 Å². The Morgan fingerprint density at radius 3 is 3.00 bits per heavy atom. The van der Waals surface area contributed by atoms with Crippen molar-refractivity contribution >= 4 is 17.3 Å². The van der Waals surface area contributed by atoms with Crippen molar-refractivity contribution in [2.24, 2.45) is 0 Å². The molecule has 4 heteroatoms. The predicted octanol–water partition coefficient (Wildman–Crippen LogP) is 3.97. The Balaban J connectivity index is 2.07. The second kappa shape index (κ2) is 5.81. The fraction of sp³-hybridized carbons (Fsp3) is 0.533. The summed E-state index contributed by atoms with van der Waals surface area (Å²) in [6.45, 7) is 5.08. The Hall–Kier alpha value is -1.24. The average molecular weight is 279 g/mol. The lowest BCUT2D eigenvalue weighted by Crippen LogP contribution is -2.41. The van der Waals surface area contributed by atoms with Crippen LogP contribution >= 0.6 is 11.6 Å². The van der Waals surface area contributed by atoms with Gasteiger partial charge in [-0.1, -0.05) is 18.5 Å². The molecule has 1 aromatic rings.